The Balaban J connectivity index is 0.00000324. The van der Waals surface area contributed by atoms with E-state index in [9.17, 15) is 4.79 Å². The molecule has 0 radical (unpaired) electrons. The lowest BCUT2D eigenvalue weighted by molar-refractivity contribution is 0.0950. The van der Waals surface area contributed by atoms with Gasteiger partial charge in [-0.15, -0.1) is 24.2 Å². The van der Waals surface area contributed by atoms with E-state index in [1.807, 2.05) is 38.2 Å². The highest BCUT2D eigenvalue weighted by molar-refractivity contribution is 7.99. The number of halogens is 1. The molecule has 0 aromatic heterocycles. The van der Waals surface area contributed by atoms with Crippen LogP contribution in [-0.4, -0.2) is 30.8 Å². The maximum absolute atomic E-state index is 11.9. The van der Waals surface area contributed by atoms with Crippen LogP contribution in [0, 0.1) is 0 Å². The molecule has 1 aromatic carbocycles. The van der Waals surface area contributed by atoms with Crippen LogP contribution in [-0.2, 0) is 0 Å². The first kappa shape index (κ1) is 18.3. The first-order chi connectivity index (χ1) is 8.52. The molecule has 1 aromatic rings. The van der Waals surface area contributed by atoms with Gasteiger partial charge in [0.15, 0.2) is 0 Å². The molecule has 1 rings (SSSR count). The van der Waals surface area contributed by atoms with Crippen molar-refractivity contribution in [3.63, 3.8) is 0 Å². The average molecular weight is 303 g/mol. The number of carbonyl (C=O) groups is 1. The minimum atomic E-state index is -0.0156. The Morgan fingerprint density at radius 2 is 1.79 bits per heavy atom. The molecular formula is C14H23ClN2OS. The average Bonchev–Trinajstić information content (AvgIpc) is 2.35. The molecule has 0 spiro atoms. The van der Waals surface area contributed by atoms with Crippen molar-refractivity contribution in [1.29, 1.82) is 0 Å². The fourth-order valence-corrected chi connectivity index (χ4v) is 2.24. The van der Waals surface area contributed by atoms with E-state index >= 15 is 0 Å². The van der Waals surface area contributed by atoms with Crippen molar-refractivity contribution in [3.05, 3.63) is 29.8 Å². The first-order valence-corrected chi connectivity index (χ1v) is 7.13. The zero-order valence-corrected chi connectivity index (χ0v) is 13.5. The number of benzene rings is 1. The van der Waals surface area contributed by atoms with Gasteiger partial charge in [0.25, 0.3) is 5.91 Å². The molecule has 2 N–H and O–H groups in total. The Bertz CT molecular complexity index is 382. The van der Waals surface area contributed by atoms with Gasteiger partial charge in [-0.25, -0.2) is 0 Å². The topological polar surface area (TPSA) is 41.1 Å². The van der Waals surface area contributed by atoms with Crippen molar-refractivity contribution in [2.45, 2.75) is 37.0 Å². The Morgan fingerprint density at radius 3 is 2.26 bits per heavy atom. The van der Waals surface area contributed by atoms with Crippen LogP contribution in [0.2, 0.25) is 0 Å². The van der Waals surface area contributed by atoms with Crippen LogP contribution in [0.1, 0.15) is 31.1 Å². The van der Waals surface area contributed by atoms with Crippen molar-refractivity contribution in [2.75, 3.05) is 13.6 Å². The predicted molar refractivity (Wildman–Crippen MR) is 85.5 cm³/mol. The summed E-state index contributed by atoms with van der Waals surface area (Å²) in [6.07, 6.45) is 0. The Morgan fingerprint density at radius 1 is 1.21 bits per heavy atom. The molecule has 1 amide bonds. The zero-order chi connectivity index (χ0) is 13.5. The first-order valence-electron chi connectivity index (χ1n) is 6.25. The maximum atomic E-state index is 11.9. The largest absolute Gasteiger partial charge is 0.350 e. The molecular weight excluding hydrogens is 280 g/mol. The number of amides is 1. The lowest BCUT2D eigenvalue weighted by atomic mass is 10.2. The van der Waals surface area contributed by atoms with E-state index in [2.05, 4.69) is 24.5 Å². The molecule has 0 saturated carbocycles. The van der Waals surface area contributed by atoms with Crippen LogP contribution in [0.3, 0.4) is 0 Å². The van der Waals surface area contributed by atoms with Gasteiger partial charge in [0.2, 0.25) is 0 Å². The third kappa shape index (κ3) is 6.85. The molecule has 5 heteroatoms. The van der Waals surface area contributed by atoms with E-state index in [0.29, 0.717) is 17.4 Å². The third-order valence-electron chi connectivity index (χ3n) is 2.55. The minimum absolute atomic E-state index is 0. The van der Waals surface area contributed by atoms with Gasteiger partial charge in [0, 0.05) is 28.3 Å². The highest BCUT2D eigenvalue weighted by atomic mass is 35.5. The van der Waals surface area contributed by atoms with E-state index < -0.39 is 0 Å². The molecule has 3 nitrogen and oxygen atoms in total. The standard InChI is InChI=1S/C14H22N2OS.ClH/c1-10(2)18-13-7-5-12(6-8-13)14(17)16-9-11(3)15-4;/h5-8,10-11,15H,9H2,1-4H3,(H,16,17);1H. The molecule has 0 saturated heterocycles. The molecule has 1 unspecified atom stereocenters. The molecule has 1 atom stereocenters. The third-order valence-corrected chi connectivity index (χ3v) is 3.57. The molecule has 0 bridgehead atoms. The van der Waals surface area contributed by atoms with Crippen molar-refractivity contribution < 1.29 is 4.79 Å². The lowest BCUT2D eigenvalue weighted by Gasteiger charge is -2.11. The summed E-state index contributed by atoms with van der Waals surface area (Å²) in [7, 11) is 1.88. The van der Waals surface area contributed by atoms with E-state index in [1.54, 1.807) is 11.8 Å². The van der Waals surface area contributed by atoms with Crippen molar-refractivity contribution >= 4 is 30.1 Å². The van der Waals surface area contributed by atoms with Gasteiger partial charge < -0.3 is 10.6 Å². The second kappa shape index (κ2) is 9.23. The zero-order valence-electron chi connectivity index (χ0n) is 11.9. The number of hydrogen-bond donors (Lipinski definition) is 2. The number of thioether (sulfide) groups is 1. The van der Waals surface area contributed by atoms with Crippen LogP contribution in [0.4, 0.5) is 0 Å². The van der Waals surface area contributed by atoms with Crippen LogP contribution in [0.5, 0.6) is 0 Å². The van der Waals surface area contributed by atoms with Gasteiger partial charge in [-0.2, -0.15) is 0 Å². The number of carbonyl (C=O) groups excluding carboxylic acids is 1. The summed E-state index contributed by atoms with van der Waals surface area (Å²) in [5.74, 6) is -0.0156. The summed E-state index contributed by atoms with van der Waals surface area (Å²) >= 11 is 1.80. The Hall–Kier alpha value is -0.710. The molecule has 108 valence electrons. The normalized spacial score (nSPS) is 11.8. The monoisotopic (exact) mass is 302 g/mol. The Kier molecular flexibility index (Phi) is 8.89. The van der Waals surface area contributed by atoms with Crippen molar-refractivity contribution in [3.8, 4) is 0 Å². The second-order valence-electron chi connectivity index (χ2n) is 4.59. The fourth-order valence-electron chi connectivity index (χ4n) is 1.41. The highest BCUT2D eigenvalue weighted by Crippen LogP contribution is 2.22. The highest BCUT2D eigenvalue weighted by Gasteiger charge is 2.07. The summed E-state index contributed by atoms with van der Waals surface area (Å²) in [6, 6.07) is 8.04. The van der Waals surface area contributed by atoms with E-state index in [1.165, 1.54) is 4.90 Å². The summed E-state index contributed by atoms with van der Waals surface area (Å²) in [4.78, 5) is 13.1. The molecule has 0 aliphatic rings. The van der Waals surface area contributed by atoms with E-state index in [-0.39, 0.29) is 24.4 Å². The van der Waals surface area contributed by atoms with Gasteiger partial charge in [-0.3, -0.25) is 4.79 Å². The lowest BCUT2D eigenvalue weighted by Crippen LogP contribution is -2.37. The van der Waals surface area contributed by atoms with E-state index in [4.69, 9.17) is 0 Å². The fraction of sp³-hybridized carbons (Fsp3) is 0.500. The minimum Gasteiger partial charge on any atom is -0.350 e. The molecule has 0 aliphatic heterocycles. The number of rotatable bonds is 6. The van der Waals surface area contributed by atoms with Gasteiger partial charge in [-0.05, 0) is 38.2 Å². The second-order valence-corrected chi connectivity index (χ2v) is 6.24. The van der Waals surface area contributed by atoms with Crippen LogP contribution < -0.4 is 10.6 Å². The van der Waals surface area contributed by atoms with Crippen molar-refractivity contribution in [1.82, 2.24) is 10.6 Å². The maximum Gasteiger partial charge on any atom is 0.251 e. The van der Waals surface area contributed by atoms with Gasteiger partial charge in [0.1, 0.15) is 0 Å². The van der Waals surface area contributed by atoms with E-state index in [0.717, 1.165) is 0 Å². The van der Waals surface area contributed by atoms with Crippen LogP contribution in [0.15, 0.2) is 29.2 Å². The van der Waals surface area contributed by atoms with Gasteiger partial charge in [-0.1, -0.05) is 13.8 Å². The smallest absolute Gasteiger partial charge is 0.251 e. The predicted octanol–water partition coefficient (Wildman–Crippen LogP) is 2.95. The van der Waals surface area contributed by atoms with Crippen molar-refractivity contribution in [2.24, 2.45) is 0 Å². The molecule has 19 heavy (non-hydrogen) atoms. The summed E-state index contributed by atoms with van der Waals surface area (Å²) in [5, 5.41) is 6.54. The molecule has 0 heterocycles. The SMILES string of the molecule is CNC(C)CNC(=O)c1ccc(SC(C)C)cc1.Cl. The molecule has 0 fully saturated rings. The van der Waals surface area contributed by atoms with Gasteiger partial charge in [0.05, 0.1) is 0 Å². The summed E-state index contributed by atoms with van der Waals surface area (Å²) < 4.78 is 0. The quantitative estimate of drug-likeness (QED) is 0.794. The van der Waals surface area contributed by atoms with Crippen LogP contribution >= 0.6 is 24.2 Å². The van der Waals surface area contributed by atoms with Crippen LogP contribution in [0.25, 0.3) is 0 Å². The van der Waals surface area contributed by atoms with Gasteiger partial charge >= 0.3 is 0 Å². The summed E-state index contributed by atoms with van der Waals surface area (Å²) in [5.41, 5.74) is 0.714. The summed E-state index contributed by atoms with van der Waals surface area (Å²) in [6.45, 7) is 6.98. The Labute approximate surface area is 126 Å². The number of hydrogen-bond acceptors (Lipinski definition) is 3. The molecule has 0 aliphatic carbocycles. The number of likely N-dealkylation sites (N-methyl/N-ethyl adjacent to an activating group) is 1. The number of nitrogens with one attached hydrogen (secondary N) is 2.